The zero-order valence-electron chi connectivity index (χ0n) is 13.3. The average Bonchev–Trinajstić information content (AvgIpc) is 2.49. The van der Waals surface area contributed by atoms with E-state index in [1.165, 1.54) is 19.3 Å². The summed E-state index contributed by atoms with van der Waals surface area (Å²) in [6.45, 7) is 5.49. The number of nitrogens with zero attached hydrogens (tertiary/aromatic N) is 1. The Morgan fingerprint density at radius 3 is 2.29 bits per heavy atom. The maximum atomic E-state index is 10.2. The molecule has 4 heteroatoms. The fourth-order valence-corrected chi connectivity index (χ4v) is 3.00. The summed E-state index contributed by atoms with van der Waals surface area (Å²) >= 11 is 0. The van der Waals surface area contributed by atoms with E-state index in [0.717, 1.165) is 11.5 Å². The van der Waals surface area contributed by atoms with Crippen LogP contribution in [0.25, 0.3) is 0 Å². The number of rotatable bonds is 6. The third kappa shape index (κ3) is 4.61. The van der Waals surface area contributed by atoms with Gasteiger partial charge in [0, 0.05) is 18.6 Å². The Kier molecular flexibility index (Phi) is 5.88. The third-order valence-corrected chi connectivity index (χ3v) is 4.30. The van der Waals surface area contributed by atoms with Crippen molar-refractivity contribution in [3.8, 4) is 11.5 Å². The van der Waals surface area contributed by atoms with E-state index in [1.54, 1.807) is 7.11 Å². The van der Waals surface area contributed by atoms with Crippen molar-refractivity contribution >= 4 is 0 Å². The molecule has 0 unspecified atom stereocenters. The van der Waals surface area contributed by atoms with Crippen LogP contribution >= 0.6 is 0 Å². The van der Waals surface area contributed by atoms with E-state index in [9.17, 15) is 5.11 Å². The number of aliphatic hydroxyl groups excluding tert-OH is 1. The van der Waals surface area contributed by atoms with Gasteiger partial charge < -0.3 is 14.6 Å². The molecule has 0 spiro atoms. The first-order valence-electron chi connectivity index (χ1n) is 7.81. The molecule has 118 valence electrons. The molecule has 0 aromatic heterocycles. The van der Waals surface area contributed by atoms with E-state index in [-0.39, 0.29) is 0 Å². The summed E-state index contributed by atoms with van der Waals surface area (Å²) < 4.78 is 10.8. The predicted molar refractivity (Wildman–Crippen MR) is 84.0 cm³/mol. The largest absolute Gasteiger partial charge is 0.497 e. The second-order valence-electron chi connectivity index (χ2n) is 5.97. The van der Waals surface area contributed by atoms with Crippen molar-refractivity contribution in [1.29, 1.82) is 0 Å². The SMILES string of the molecule is COc1ccc(OC[C@H](O)CN2[C@@H](C)CCC[C@@H]2C)cc1. The molecule has 0 saturated carbocycles. The van der Waals surface area contributed by atoms with E-state index in [1.807, 2.05) is 24.3 Å². The quantitative estimate of drug-likeness (QED) is 0.875. The van der Waals surface area contributed by atoms with Crippen LogP contribution in [0.3, 0.4) is 0 Å². The van der Waals surface area contributed by atoms with Gasteiger partial charge >= 0.3 is 0 Å². The normalized spacial score (nSPS) is 24.6. The molecule has 1 saturated heterocycles. The molecule has 21 heavy (non-hydrogen) atoms. The molecule has 1 aliphatic rings. The molecule has 0 radical (unpaired) electrons. The fraction of sp³-hybridized carbons (Fsp3) is 0.647. The monoisotopic (exact) mass is 293 g/mol. The molecule has 1 N–H and O–H groups in total. The zero-order valence-corrected chi connectivity index (χ0v) is 13.3. The molecule has 4 nitrogen and oxygen atoms in total. The maximum Gasteiger partial charge on any atom is 0.119 e. The topological polar surface area (TPSA) is 41.9 Å². The molecule has 0 amide bonds. The smallest absolute Gasteiger partial charge is 0.119 e. The molecular weight excluding hydrogens is 266 g/mol. The molecule has 1 aliphatic heterocycles. The second-order valence-corrected chi connectivity index (χ2v) is 5.97. The lowest BCUT2D eigenvalue weighted by molar-refractivity contribution is 0.0209. The Morgan fingerprint density at radius 1 is 1.14 bits per heavy atom. The lowest BCUT2D eigenvalue weighted by atomic mass is 9.97. The second kappa shape index (κ2) is 7.66. The van der Waals surface area contributed by atoms with Gasteiger partial charge in [-0.3, -0.25) is 4.90 Å². The Hall–Kier alpha value is -1.26. The molecule has 1 fully saturated rings. The van der Waals surface area contributed by atoms with Crippen molar-refractivity contribution in [3.63, 3.8) is 0 Å². The van der Waals surface area contributed by atoms with Crippen LogP contribution in [0.2, 0.25) is 0 Å². The van der Waals surface area contributed by atoms with E-state index in [4.69, 9.17) is 9.47 Å². The zero-order chi connectivity index (χ0) is 15.2. The maximum absolute atomic E-state index is 10.2. The standard InChI is InChI=1S/C17H27NO3/c1-13-5-4-6-14(2)18(13)11-15(19)12-21-17-9-7-16(20-3)8-10-17/h7-10,13-15,19H,4-6,11-12H2,1-3H3/t13-,14-,15+/m0/s1. The lowest BCUT2D eigenvalue weighted by Crippen LogP contribution is -2.48. The number of hydrogen-bond acceptors (Lipinski definition) is 4. The highest BCUT2D eigenvalue weighted by atomic mass is 16.5. The van der Waals surface area contributed by atoms with Crippen molar-refractivity contribution in [2.75, 3.05) is 20.3 Å². The summed E-state index contributed by atoms with van der Waals surface area (Å²) in [7, 11) is 1.64. The van der Waals surface area contributed by atoms with Crippen LogP contribution in [-0.2, 0) is 0 Å². The number of piperidine rings is 1. The molecule has 1 heterocycles. The summed E-state index contributed by atoms with van der Waals surface area (Å²) in [5.41, 5.74) is 0. The minimum Gasteiger partial charge on any atom is -0.497 e. The molecule has 0 aliphatic carbocycles. The van der Waals surface area contributed by atoms with Crippen LogP contribution in [0.4, 0.5) is 0 Å². The van der Waals surface area contributed by atoms with Crippen LogP contribution in [0.5, 0.6) is 11.5 Å². The van der Waals surface area contributed by atoms with E-state index in [0.29, 0.717) is 25.2 Å². The number of ether oxygens (including phenoxy) is 2. The van der Waals surface area contributed by atoms with Gasteiger partial charge in [-0.05, 0) is 51.0 Å². The number of benzene rings is 1. The number of β-amino-alcohol motifs (C(OH)–C–C–N with tert-alkyl or cyclic N) is 1. The summed E-state index contributed by atoms with van der Waals surface area (Å²) in [5, 5.41) is 10.2. The Balaban J connectivity index is 1.79. The minimum atomic E-state index is -0.463. The summed E-state index contributed by atoms with van der Waals surface area (Å²) in [6, 6.07) is 8.52. The van der Waals surface area contributed by atoms with Gasteiger partial charge in [-0.25, -0.2) is 0 Å². The third-order valence-electron chi connectivity index (χ3n) is 4.30. The number of likely N-dealkylation sites (tertiary alicyclic amines) is 1. The summed E-state index contributed by atoms with van der Waals surface area (Å²) in [4.78, 5) is 2.39. The summed E-state index contributed by atoms with van der Waals surface area (Å²) in [5.74, 6) is 1.56. The molecule has 1 aromatic rings. The average molecular weight is 293 g/mol. The van der Waals surface area contributed by atoms with Crippen LogP contribution in [0.1, 0.15) is 33.1 Å². The molecule has 1 aromatic carbocycles. The predicted octanol–water partition coefficient (Wildman–Crippen LogP) is 2.70. The van der Waals surface area contributed by atoms with Crippen molar-refractivity contribution in [3.05, 3.63) is 24.3 Å². The first kappa shape index (κ1) is 16.1. The van der Waals surface area contributed by atoms with Gasteiger partial charge in [0.25, 0.3) is 0 Å². The van der Waals surface area contributed by atoms with E-state index in [2.05, 4.69) is 18.7 Å². The number of hydrogen-bond donors (Lipinski definition) is 1. The van der Waals surface area contributed by atoms with Gasteiger partial charge in [0.15, 0.2) is 0 Å². The van der Waals surface area contributed by atoms with Crippen molar-refractivity contribution in [2.24, 2.45) is 0 Å². The molecule has 3 atom stereocenters. The van der Waals surface area contributed by atoms with Gasteiger partial charge in [-0.15, -0.1) is 0 Å². The van der Waals surface area contributed by atoms with E-state index < -0.39 is 6.10 Å². The Labute approximate surface area is 127 Å². The Morgan fingerprint density at radius 2 is 1.71 bits per heavy atom. The van der Waals surface area contributed by atoms with Crippen molar-refractivity contribution in [1.82, 2.24) is 4.90 Å². The van der Waals surface area contributed by atoms with Gasteiger partial charge in [0.05, 0.1) is 7.11 Å². The number of methoxy groups -OCH3 is 1. The van der Waals surface area contributed by atoms with Crippen LogP contribution in [0, 0.1) is 0 Å². The van der Waals surface area contributed by atoms with Gasteiger partial charge in [0.1, 0.15) is 24.2 Å². The van der Waals surface area contributed by atoms with E-state index >= 15 is 0 Å². The Bertz CT molecular complexity index is 411. The fourth-order valence-electron chi connectivity index (χ4n) is 3.00. The molecule has 2 rings (SSSR count). The molecular formula is C17H27NO3. The van der Waals surface area contributed by atoms with Crippen LogP contribution < -0.4 is 9.47 Å². The van der Waals surface area contributed by atoms with Crippen molar-refractivity contribution in [2.45, 2.75) is 51.3 Å². The first-order valence-corrected chi connectivity index (χ1v) is 7.81. The van der Waals surface area contributed by atoms with Crippen LogP contribution in [-0.4, -0.2) is 48.5 Å². The summed E-state index contributed by atoms with van der Waals surface area (Å²) in [6.07, 6.45) is 3.26. The number of aliphatic hydroxyl groups is 1. The van der Waals surface area contributed by atoms with Gasteiger partial charge in [0.2, 0.25) is 0 Å². The highest BCUT2D eigenvalue weighted by Crippen LogP contribution is 2.23. The van der Waals surface area contributed by atoms with Crippen molar-refractivity contribution < 1.29 is 14.6 Å². The lowest BCUT2D eigenvalue weighted by Gasteiger charge is -2.40. The van der Waals surface area contributed by atoms with Crippen LogP contribution in [0.15, 0.2) is 24.3 Å². The van der Waals surface area contributed by atoms with Gasteiger partial charge in [-0.2, -0.15) is 0 Å². The highest BCUT2D eigenvalue weighted by Gasteiger charge is 2.26. The molecule has 0 bridgehead atoms. The van der Waals surface area contributed by atoms with Gasteiger partial charge in [-0.1, -0.05) is 6.42 Å². The highest BCUT2D eigenvalue weighted by molar-refractivity contribution is 5.31. The first-order chi connectivity index (χ1) is 10.1. The minimum absolute atomic E-state index is 0.322.